The molecule has 0 saturated carbocycles. The van der Waals surface area contributed by atoms with E-state index in [1.807, 2.05) is 0 Å². The van der Waals surface area contributed by atoms with Gasteiger partial charge >= 0.3 is 0 Å². The van der Waals surface area contributed by atoms with Crippen LogP contribution in [0.4, 0.5) is 0 Å². The molecule has 0 atom stereocenters. The summed E-state index contributed by atoms with van der Waals surface area (Å²) in [6, 6.07) is 13.1. The average molecular weight is 367 g/mol. The highest BCUT2D eigenvalue weighted by molar-refractivity contribution is 5.78. The van der Waals surface area contributed by atoms with Crippen LogP contribution in [0.1, 0.15) is 76.3 Å². The van der Waals surface area contributed by atoms with Crippen LogP contribution in [-0.2, 0) is 6.42 Å². The Morgan fingerprint density at radius 1 is 0.630 bits per heavy atom. The fourth-order valence-corrected chi connectivity index (χ4v) is 3.78. The summed E-state index contributed by atoms with van der Waals surface area (Å²) in [6.45, 7) is 6.12. The second-order valence-corrected chi connectivity index (χ2v) is 7.63. The maximum atomic E-state index is 5.96. The molecule has 2 aromatic rings. The standard InChI is InChI=1S/C25H34O2/c1-3-5-7-9-15-26-22-11-13-24-20(18-22)17-21-19-23(12-14-25(21)24)27-16-10-8-6-4-2/h11-14,18-19H,3-10,15-17H2,1-2H3. The van der Waals surface area contributed by atoms with Gasteiger partial charge in [-0.05, 0) is 65.8 Å². The van der Waals surface area contributed by atoms with E-state index in [0.717, 1.165) is 44.0 Å². The Balaban J connectivity index is 1.55. The first-order chi connectivity index (χ1) is 13.3. The van der Waals surface area contributed by atoms with Gasteiger partial charge in [-0.25, -0.2) is 0 Å². The highest BCUT2D eigenvalue weighted by Gasteiger charge is 2.19. The molecule has 2 heteroatoms. The van der Waals surface area contributed by atoms with Gasteiger partial charge in [-0.2, -0.15) is 0 Å². The van der Waals surface area contributed by atoms with Crippen LogP contribution in [0.3, 0.4) is 0 Å². The monoisotopic (exact) mass is 366 g/mol. The molecule has 0 bridgehead atoms. The van der Waals surface area contributed by atoms with E-state index >= 15 is 0 Å². The van der Waals surface area contributed by atoms with Gasteiger partial charge in [-0.3, -0.25) is 0 Å². The van der Waals surface area contributed by atoms with Crippen LogP contribution in [0.15, 0.2) is 36.4 Å². The topological polar surface area (TPSA) is 18.5 Å². The zero-order valence-electron chi connectivity index (χ0n) is 17.1. The van der Waals surface area contributed by atoms with E-state index in [-0.39, 0.29) is 0 Å². The van der Waals surface area contributed by atoms with E-state index in [4.69, 9.17) is 9.47 Å². The summed E-state index contributed by atoms with van der Waals surface area (Å²) < 4.78 is 11.9. The van der Waals surface area contributed by atoms with Gasteiger partial charge in [0.15, 0.2) is 0 Å². The summed E-state index contributed by atoms with van der Waals surface area (Å²) in [5.41, 5.74) is 5.43. The predicted octanol–water partition coefficient (Wildman–Crippen LogP) is 7.18. The van der Waals surface area contributed by atoms with E-state index in [1.54, 1.807) is 0 Å². The molecule has 2 aromatic carbocycles. The van der Waals surface area contributed by atoms with E-state index in [9.17, 15) is 0 Å². The SMILES string of the molecule is CCCCCCOc1ccc2c(c1)Cc1cc(OCCCCCC)ccc1-2. The molecule has 0 fully saturated rings. The number of unbranched alkanes of at least 4 members (excludes halogenated alkanes) is 6. The van der Waals surface area contributed by atoms with Crippen LogP contribution in [0, 0.1) is 0 Å². The van der Waals surface area contributed by atoms with Crippen molar-refractivity contribution in [3.63, 3.8) is 0 Å². The molecule has 0 N–H and O–H groups in total. The summed E-state index contributed by atoms with van der Waals surface area (Å²) in [4.78, 5) is 0. The third-order valence-electron chi connectivity index (χ3n) is 5.36. The lowest BCUT2D eigenvalue weighted by Crippen LogP contribution is -1.97. The number of ether oxygens (including phenoxy) is 2. The molecule has 0 spiro atoms. The fourth-order valence-electron chi connectivity index (χ4n) is 3.78. The number of fused-ring (bicyclic) bond motifs is 3. The van der Waals surface area contributed by atoms with Gasteiger partial charge in [-0.1, -0.05) is 64.5 Å². The van der Waals surface area contributed by atoms with Gasteiger partial charge in [0, 0.05) is 0 Å². The lowest BCUT2D eigenvalue weighted by molar-refractivity contribution is 0.305. The molecule has 0 aromatic heterocycles. The van der Waals surface area contributed by atoms with Crippen LogP contribution in [0.5, 0.6) is 11.5 Å². The third-order valence-corrected chi connectivity index (χ3v) is 5.36. The first-order valence-corrected chi connectivity index (χ1v) is 10.8. The van der Waals surface area contributed by atoms with Crippen molar-refractivity contribution in [1.29, 1.82) is 0 Å². The van der Waals surface area contributed by atoms with Crippen LogP contribution in [0.25, 0.3) is 11.1 Å². The van der Waals surface area contributed by atoms with Crippen molar-refractivity contribution in [2.75, 3.05) is 13.2 Å². The van der Waals surface area contributed by atoms with Crippen molar-refractivity contribution in [1.82, 2.24) is 0 Å². The van der Waals surface area contributed by atoms with Gasteiger partial charge in [-0.15, -0.1) is 0 Å². The van der Waals surface area contributed by atoms with Crippen molar-refractivity contribution in [3.05, 3.63) is 47.5 Å². The lowest BCUT2D eigenvalue weighted by atomic mass is 10.1. The predicted molar refractivity (Wildman–Crippen MR) is 114 cm³/mol. The van der Waals surface area contributed by atoms with Crippen LogP contribution < -0.4 is 9.47 Å². The normalized spacial score (nSPS) is 11.9. The Morgan fingerprint density at radius 3 is 1.56 bits per heavy atom. The molecule has 1 aliphatic rings. The van der Waals surface area contributed by atoms with Gasteiger partial charge < -0.3 is 9.47 Å². The summed E-state index contributed by atoms with van der Waals surface area (Å²) in [5.74, 6) is 2.01. The molecule has 0 amide bonds. The lowest BCUT2D eigenvalue weighted by Gasteiger charge is -2.09. The van der Waals surface area contributed by atoms with Gasteiger partial charge in [0.05, 0.1) is 13.2 Å². The zero-order chi connectivity index (χ0) is 18.9. The molecule has 1 aliphatic carbocycles. The Bertz CT molecular complexity index is 659. The van der Waals surface area contributed by atoms with Crippen molar-refractivity contribution < 1.29 is 9.47 Å². The smallest absolute Gasteiger partial charge is 0.119 e. The summed E-state index contributed by atoms with van der Waals surface area (Å²) in [7, 11) is 0. The fraction of sp³-hybridized carbons (Fsp3) is 0.520. The summed E-state index contributed by atoms with van der Waals surface area (Å²) >= 11 is 0. The molecular formula is C25H34O2. The average Bonchev–Trinajstić information content (AvgIpc) is 3.04. The van der Waals surface area contributed by atoms with Crippen molar-refractivity contribution in [3.8, 4) is 22.6 Å². The Kier molecular flexibility index (Phi) is 7.62. The van der Waals surface area contributed by atoms with Gasteiger partial charge in [0.2, 0.25) is 0 Å². The number of benzene rings is 2. The molecule has 0 heterocycles. The van der Waals surface area contributed by atoms with Crippen molar-refractivity contribution in [2.24, 2.45) is 0 Å². The summed E-state index contributed by atoms with van der Waals surface area (Å²) in [5, 5.41) is 0. The largest absolute Gasteiger partial charge is 0.494 e. The van der Waals surface area contributed by atoms with E-state index in [0.29, 0.717) is 0 Å². The minimum absolute atomic E-state index is 0.821. The van der Waals surface area contributed by atoms with Crippen LogP contribution in [0.2, 0.25) is 0 Å². The zero-order valence-corrected chi connectivity index (χ0v) is 17.1. The van der Waals surface area contributed by atoms with E-state index in [1.165, 1.54) is 60.8 Å². The second-order valence-electron chi connectivity index (χ2n) is 7.63. The minimum Gasteiger partial charge on any atom is -0.494 e. The number of rotatable bonds is 12. The van der Waals surface area contributed by atoms with Crippen LogP contribution >= 0.6 is 0 Å². The highest BCUT2D eigenvalue weighted by atomic mass is 16.5. The first-order valence-electron chi connectivity index (χ1n) is 10.8. The molecule has 0 unspecified atom stereocenters. The van der Waals surface area contributed by atoms with E-state index in [2.05, 4.69) is 50.2 Å². The quantitative estimate of drug-likeness (QED) is 0.316. The Morgan fingerprint density at radius 2 is 1.11 bits per heavy atom. The second kappa shape index (κ2) is 10.4. The Hall–Kier alpha value is -1.96. The molecule has 27 heavy (non-hydrogen) atoms. The Labute approximate surface area is 164 Å². The van der Waals surface area contributed by atoms with Crippen molar-refractivity contribution in [2.45, 2.75) is 71.6 Å². The van der Waals surface area contributed by atoms with E-state index < -0.39 is 0 Å². The number of hydrogen-bond acceptors (Lipinski definition) is 2. The molecule has 0 radical (unpaired) electrons. The summed E-state index contributed by atoms with van der Waals surface area (Å²) in [6.07, 6.45) is 10.9. The maximum Gasteiger partial charge on any atom is 0.119 e. The molecule has 0 saturated heterocycles. The third kappa shape index (κ3) is 5.51. The first kappa shape index (κ1) is 19.8. The minimum atomic E-state index is 0.821. The molecule has 0 aliphatic heterocycles. The van der Waals surface area contributed by atoms with Gasteiger partial charge in [0.25, 0.3) is 0 Å². The maximum absolute atomic E-state index is 5.96. The number of hydrogen-bond donors (Lipinski definition) is 0. The molecule has 3 rings (SSSR count). The highest BCUT2D eigenvalue weighted by Crippen LogP contribution is 2.39. The molecule has 146 valence electrons. The van der Waals surface area contributed by atoms with Crippen LogP contribution in [-0.4, -0.2) is 13.2 Å². The van der Waals surface area contributed by atoms with Gasteiger partial charge in [0.1, 0.15) is 11.5 Å². The van der Waals surface area contributed by atoms with Crippen molar-refractivity contribution >= 4 is 0 Å². The molecule has 2 nitrogen and oxygen atoms in total. The molecular weight excluding hydrogens is 332 g/mol.